The van der Waals surface area contributed by atoms with E-state index in [1.54, 1.807) is 45.0 Å². The van der Waals surface area contributed by atoms with Crippen molar-refractivity contribution in [3.63, 3.8) is 0 Å². The first-order valence-corrected chi connectivity index (χ1v) is 12.7. The molecule has 41 heavy (non-hydrogen) atoms. The van der Waals surface area contributed by atoms with Crippen LogP contribution in [0, 0.1) is 5.92 Å². The van der Waals surface area contributed by atoms with Crippen LogP contribution in [0.2, 0.25) is 0 Å². The van der Waals surface area contributed by atoms with Crippen LogP contribution in [0.3, 0.4) is 0 Å². The zero-order chi connectivity index (χ0) is 29.4. The molecule has 1 N–H and O–H groups in total. The predicted octanol–water partition coefficient (Wildman–Crippen LogP) is -1.40. The molecule has 2 fully saturated rings. The number of nitrogens with zero attached hydrogens (tertiary/aromatic N) is 2. The van der Waals surface area contributed by atoms with Gasteiger partial charge in [0.2, 0.25) is 5.91 Å². The largest absolute Gasteiger partial charge is 1.00 e. The molecule has 2 aliphatic rings. The normalized spacial score (nSPS) is 23.1. The number of esters is 1. The van der Waals surface area contributed by atoms with Crippen LogP contribution in [0.4, 0.5) is 4.79 Å². The molecule has 2 amide bonds. The second kappa shape index (κ2) is 12.3. The molecule has 0 unspecified atom stereocenters. The van der Waals surface area contributed by atoms with E-state index in [1.807, 2.05) is 0 Å². The van der Waals surface area contributed by atoms with Gasteiger partial charge in [0.05, 0.1) is 37.9 Å². The van der Waals surface area contributed by atoms with Crippen LogP contribution in [0.15, 0.2) is 36.9 Å². The SMILES string of the molecule is C=C[C@@H]1C[C@]1(NC(=O)[C@@H]1C[C@@H](Oc2cc(C(=O)[O-])nc3cc(OC)ccc23)CN1C(=O)OC(C)(C)C)C(=O)OC.[Na+]. The predicted molar refractivity (Wildman–Crippen MR) is 140 cm³/mol. The summed E-state index contributed by atoms with van der Waals surface area (Å²) in [5.74, 6) is -2.34. The summed E-state index contributed by atoms with van der Waals surface area (Å²) < 4.78 is 21.8. The summed E-state index contributed by atoms with van der Waals surface area (Å²) in [6.07, 6.45) is 0.478. The Labute approximate surface area is 259 Å². The number of nitrogens with one attached hydrogen (secondary N) is 1. The van der Waals surface area contributed by atoms with Gasteiger partial charge in [0.1, 0.15) is 34.8 Å². The number of aromatic carboxylic acids is 1. The molecule has 4 atom stereocenters. The number of rotatable bonds is 8. The van der Waals surface area contributed by atoms with E-state index in [-0.39, 0.29) is 59.9 Å². The summed E-state index contributed by atoms with van der Waals surface area (Å²) in [5, 5.41) is 14.9. The molecule has 214 valence electrons. The van der Waals surface area contributed by atoms with Crippen LogP contribution in [0.25, 0.3) is 10.9 Å². The summed E-state index contributed by atoms with van der Waals surface area (Å²) in [4.78, 5) is 56.2. The summed E-state index contributed by atoms with van der Waals surface area (Å²) >= 11 is 0. The van der Waals surface area contributed by atoms with Gasteiger partial charge >= 0.3 is 41.6 Å². The van der Waals surface area contributed by atoms with Crippen molar-refractivity contribution >= 4 is 34.8 Å². The van der Waals surface area contributed by atoms with Gasteiger partial charge in [-0.25, -0.2) is 14.6 Å². The van der Waals surface area contributed by atoms with Gasteiger partial charge < -0.3 is 34.2 Å². The molecule has 1 aliphatic heterocycles. The molecule has 12 nitrogen and oxygen atoms in total. The van der Waals surface area contributed by atoms with E-state index >= 15 is 0 Å². The minimum atomic E-state index is -1.50. The number of hydrogen-bond donors (Lipinski definition) is 1. The zero-order valence-corrected chi connectivity index (χ0v) is 26.0. The summed E-state index contributed by atoms with van der Waals surface area (Å²) in [7, 11) is 2.70. The minimum absolute atomic E-state index is 0. The number of carboxylic acids is 1. The topological polar surface area (TPSA) is 156 Å². The molecule has 1 aliphatic carbocycles. The third kappa shape index (κ3) is 6.77. The zero-order valence-electron chi connectivity index (χ0n) is 24.0. The number of likely N-dealkylation sites (tertiary alicyclic amines) is 1. The van der Waals surface area contributed by atoms with Crippen molar-refractivity contribution in [2.75, 3.05) is 20.8 Å². The molecule has 0 bridgehead atoms. The van der Waals surface area contributed by atoms with Crippen molar-refractivity contribution < 1.29 is 72.8 Å². The monoisotopic (exact) mass is 577 g/mol. The standard InChI is InChI=1S/C28H33N3O9.Na/c1-7-15-13-28(15,25(35)38-6)30-23(32)21-11-17(14-31(21)26(36)40-27(2,3)4)39-22-12-20(24(33)34)29-19-10-16(37-5)8-9-18(19)22;/h7-10,12,15,17,21H,1,11,13-14H2,2-6H3,(H,30,32)(H,33,34);/q;+1/p-1/t15-,17-,21+,28-;/m1./s1. The molecule has 1 aromatic heterocycles. The van der Waals surface area contributed by atoms with Crippen LogP contribution >= 0.6 is 0 Å². The number of pyridine rings is 1. The average molecular weight is 578 g/mol. The maximum Gasteiger partial charge on any atom is 1.00 e. The number of ether oxygens (including phenoxy) is 4. The fraction of sp³-hybridized carbons (Fsp3) is 0.464. The van der Waals surface area contributed by atoms with Gasteiger partial charge in [-0.05, 0) is 39.3 Å². The Morgan fingerprint density at radius 3 is 2.46 bits per heavy atom. The number of carboxylic acid groups (broad SMARTS) is 1. The van der Waals surface area contributed by atoms with Crippen LogP contribution in [-0.2, 0) is 19.1 Å². The molecule has 2 heterocycles. The maximum absolute atomic E-state index is 13.5. The van der Waals surface area contributed by atoms with Gasteiger partial charge in [-0.3, -0.25) is 9.69 Å². The average Bonchev–Trinajstić information content (AvgIpc) is 3.45. The second-order valence-corrected chi connectivity index (χ2v) is 10.8. The van der Waals surface area contributed by atoms with Gasteiger partial charge in [0, 0.05) is 29.9 Å². The Hall–Kier alpha value is -3.35. The van der Waals surface area contributed by atoms with Gasteiger partial charge in [-0.1, -0.05) is 6.08 Å². The fourth-order valence-electron chi connectivity index (χ4n) is 4.83. The first-order valence-electron chi connectivity index (χ1n) is 12.7. The van der Waals surface area contributed by atoms with Gasteiger partial charge in [0.15, 0.2) is 0 Å². The molecule has 0 spiro atoms. The van der Waals surface area contributed by atoms with E-state index in [0.29, 0.717) is 23.1 Å². The van der Waals surface area contributed by atoms with Gasteiger partial charge in [-0.15, -0.1) is 6.58 Å². The number of carbonyl (C=O) groups is 4. The van der Waals surface area contributed by atoms with E-state index in [1.165, 1.54) is 25.2 Å². The molecular formula is C28H32N3NaO9. The quantitative estimate of drug-likeness (QED) is 0.225. The Morgan fingerprint density at radius 1 is 1.20 bits per heavy atom. The van der Waals surface area contributed by atoms with Crippen molar-refractivity contribution in [2.24, 2.45) is 5.92 Å². The van der Waals surface area contributed by atoms with Gasteiger partial charge in [0.25, 0.3) is 0 Å². The van der Waals surface area contributed by atoms with E-state index in [0.717, 1.165) is 0 Å². The third-order valence-corrected chi connectivity index (χ3v) is 6.87. The maximum atomic E-state index is 13.5. The Bertz CT molecular complexity index is 1380. The Kier molecular flexibility index (Phi) is 9.62. The number of fused-ring (bicyclic) bond motifs is 1. The molecule has 4 rings (SSSR count). The third-order valence-electron chi connectivity index (χ3n) is 6.87. The summed E-state index contributed by atoms with van der Waals surface area (Å²) in [6.45, 7) is 8.78. The first kappa shape index (κ1) is 32.2. The van der Waals surface area contributed by atoms with E-state index < -0.39 is 47.2 Å². The van der Waals surface area contributed by atoms with Crippen molar-refractivity contribution in [3.8, 4) is 11.5 Å². The second-order valence-electron chi connectivity index (χ2n) is 10.8. The molecular weight excluding hydrogens is 545 g/mol. The van der Waals surface area contributed by atoms with E-state index in [2.05, 4.69) is 16.9 Å². The van der Waals surface area contributed by atoms with Crippen molar-refractivity contribution in [1.29, 1.82) is 0 Å². The molecule has 1 aromatic carbocycles. The van der Waals surface area contributed by atoms with Crippen molar-refractivity contribution in [1.82, 2.24) is 15.2 Å². The fourth-order valence-corrected chi connectivity index (χ4v) is 4.83. The number of hydrogen-bond acceptors (Lipinski definition) is 10. The summed E-state index contributed by atoms with van der Waals surface area (Å²) in [5.41, 5.74) is -2.14. The van der Waals surface area contributed by atoms with Gasteiger partial charge in [-0.2, -0.15) is 0 Å². The number of benzene rings is 1. The molecule has 1 saturated heterocycles. The number of methoxy groups -OCH3 is 2. The van der Waals surface area contributed by atoms with Crippen LogP contribution in [0.1, 0.15) is 44.1 Å². The van der Waals surface area contributed by atoms with E-state index in [9.17, 15) is 24.3 Å². The molecule has 0 radical (unpaired) electrons. The first-order chi connectivity index (χ1) is 18.8. The molecule has 1 saturated carbocycles. The molecule has 2 aromatic rings. The van der Waals surface area contributed by atoms with Crippen molar-refractivity contribution in [3.05, 3.63) is 42.6 Å². The number of amides is 2. The van der Waals surface area contributed by atoms with E-state index in [4.69, 9.17) is 18.9 Å². The Morgan fingerprint density at radius 2 is 1.90 bits per heavy atom. The van der Waals surface area contributed by atoms with Crippen LogP contribution in [-0.4, -0.2) is 77.9 Å². The smallest absolute Gasteiger partial charge is 0.543 e. The molecule has 13 heteroatoms. The number of carbonyl (C=O) groups excluding carboxylic acids is 4. The van der Waals surface area contributed by atoms with Crippen molar-refractivity contribution in [2.45, 2.75) is 56.9 Å². The van der Waals surface area contributed by atoms with Crippen LogP contribution < -0.4 is 49.5 Å². The summed E-state index contributed by atoms with van der Waals surface area (Å²) in [6, 6.07) is 5.10. The number of aromatic nitrogens is 1. The van der Waals surface area contributed by atoms with Crippen LogP contribution in [0.5, 0.6) is 11.5 Å². The minimum Gasteiger partial charge on any atom is -0.543 e. The Balaban J connectivity index is 0.00000462.